The number of fused-ring (bicyclic) bond motifs is 3. The summed E-state index contributed by atoms with van der Waals surface area (Å²) in [5, 5.41) is 4.18. The van der Waals surface area contributed by atoms with E-state index in [1.165, 1.54) is 32.5 Å². The molecule has 2 aromatic rings. The lowest BCUT2D eigenvalue weighted by Crippen LogP contribution is -2.61. The molecule has 4 aliphatic heterocycles. The van der Waals surface area contributed by atoms with Crippen LogP contribution in [-0.2, 0) is 7.05 Å². The summed E-state index contributed by atoms with van der Waals surface area (Å²) >= 11 is 0. The van der Waals surface area contributed by atoms with E-state index in [-0.39, 0.29) is 0 Å². The second-order valence-electron chi connectivity index (χ2n) is 8.14. The maximum Gasteiger partial charge on any atom is 0.226 e. The third kappa shape index (κ3) is 3.10. The first kappa shape index (κ1) is 17.1. The maximum absolute atomic E-state index is 4.84. The number of hydrogen-bond acceptors (Lipinski definition) is 7. The summed E-state index contributed by atoms with van der Waals surface area (Å²) < 4.78 is 1.77. The van der Waals surface area contributed by atoms with E-state index < -0.39 is 0 Å². The summed E-state index contributed by atoms with van der Waals surface area (Å²) in [7, 11) is 1.90. The molecular formula is C19H28N8. The first-order valence-corrected chi connectivity index (χ1v) is 10.1. The van der Waals surface area contributed by atoms with Crippen LogP contribution in [0.25, 0.3) is 11.5 Å². The summed E-state index contributed by atoms with van der Waals surface area (Å²) in [5.74, 6) is 2.51. The Balaban J connectivity index is 1.29. The van der Waals surface area contributed by atoms with Crippen molar-refractivity contribution >= 4 is 5.95 Å². The van der Waals surface area contributed by atoms with E-state index in [1.807, 2.05) is 20.2 Å². The molecule has 0 saturated carbocycles. The normalized spacial score (nSPS) is 28.7. The third-order valence-corrected chi connectivity index (χ3v) is 6.57. The van der Waals surface area contributed by atoms with Gasteiger partial charge in [0, 0.05) is 52.0 Å². The molecule has 8 nitrogen and oxygen atoms in total. The van der Waals surface area contributed by atoms with E-state index in [0.29, 0.717) is 0 Å². The van der Waals surface area contributed by atoms with Gasteiger partial charge >= 0.3 is 0 Å². The summed E-state index contributed by atoms with van der Waals surface area (Å²) in [6, 6.07) is 0.753. The Morgan fingerprint density at radius 1 is 1.00 bits per heavy atom. The Labute approximate surface area is 160 Å². The Morgan fingerprint density at radius 3 is 2.41 bits per heavy atom. The van der Waals surface area contributed by atoms with E-state index in [0.717, 1.165) is 61.2 Å². The zero-order chi connectivity index (χ0) is 18.4. The molecule has 0 N–H and O–H groups in total. The fraction of sp³-hybridized carbons (Fsp3) is 0.684. The van der Waals surface area contributed by atoms with Gasteiger partial charge in [-0.2, -0.15) is 5.10 Å². The molecule has 1 atom stereocenters. The molecule has 0 amide bonds. The van der Waals surface area contributed by atoms with Crippen LogP contribution in [0.4, 0.5) is 5.95 Å². The Bertz CT molecular complexity index is 802. The van der Waals surface area contributed by atoms with Crippen LogP contribution in [0.1, 0.15) is 18.4 Å². The van der Waals surface area contributed by atoms with Crippen molar-refractivity contribution in [1.82, 2.24) is 34.5 Å². The topological polar surface area (TPSA) is 66.2 Å². The second-order valence-corrected chi connectivity index (χ2v) is 8.14. The summed E-state index contributed by atoms with van der Waals surface area (Å²) in [6.07, 6.45) is 6.25. The lowest BCUT2D eigenvalue weighted by atomic mass is 9.83. The van der Waals surface area contributed by atoms with Crippen molar-refractivity contribution in [1.29, 1.82) is 0 Å². The molecular weight excluding hydrogens is 340 g/mol. The molecule has 0 aliphatic carbocycles. The highest BCUT2D eigenvalue weighted by Crippen LogP contribution is 2.31. The van der Waals surface area contributed by atoms with E-state index in [2.05, 4.69) is 29.8 Å². The maximum atomic E-state index is 4.84. The number of piperazine rings is 1. The number of aryl methyl sites for hydroxylation is 2. The zero-order valence-electron chi connectivity index (χ0n) is 16.3. The average molecular weight is 368 g/mol. The minimum absolute atomic E-state index is 0.753. The van der Waals surface area contributed by atoms with Crippen molar-refractivity contribution in [2.45, 2.75) is 25.8 Å². The second kappa shape index (κ2) is 6.83. The summed E-state index contributed by atoms with van der Waals surface area (Å²) in [4.78, 5) is 21.5. The lowest BCUT2D eigenvalue weighted by Gasteiger charge is -2.51. The van der Waals surface area contributed by atoms with E-state index in [4.69, 9.17) is 4.98 Å². The largest absolute Gasteiger partial charge is 0.338 e. The van der Waals surface area contributed by atoms with Crippen LogP contribution in [0.5, 0.6) is 0 Å². The number of rotatable bonds is 3. The monoisotopic (exact) mass is 368 g/mol. The predicted molar refractivity (Wildman–Crippen MR) is 104 cm³/mol. The van der Waals surface area contributed by atoms with Crippen LogP contribution in [0.2, 0.25) is 0 Å². The van der Waals surface area contributed by atoms with E-state index in [9.17, 15) is 0 Å². The van der Waals surface area contributed by atoms with Gasteiger partial charge in [-0.15, -0.1) is 0 Å². The summed E-state index contributed by atoms with van der Waals surface area (Å²) in [5.41, 5.74) is 1.90. The molecule has 6 rings (SSSR count). The number of aromatic nitrogens is 5. The summed E-state index contributed by atoms with van der Waals surface area (Å²) in [6.45, 7) is 10.1. The van der Waals surface area contributed by atoms with Gasteiger partial charge in [0.1, 0.15) is 12.0 Å². The van der Waals surface area contributed by atoms with E-state index in [1.54, 1.807) is 11.0 Å². The third-order valence-electron chi connectivity index (χ3n) is 6.57. The van der Waals surface area contributed by atoms with Gasteiger partial charge in [-0.1, -0.05) is 0 Å². The minimum atomic E-state index is 0.753. The van der Waals surface area contributed by atoms with Gasteiger partial charge in [0.05, 0.1) is 0 Å². The van der Waals surface area contributed by atoms with Gasteiger partial charge in [-0.25, -0.2) is 19.6 Å². The van der Waals surface area contributed by atoms with E-state index >= 15 is 0 Å². The van der Waals surface area contributed by atoms with Crippen LogP contribution in [0.15, 0.2) is 12.5 Å². The molecule has 2 bridgehead atoms. The van der Waals surface area contributed by atoms with Gasteiger partial charge in [-0.05, 0) is 44.3 Å². The zero-order valence-corrected chi connectivity index (χ0v) is 16.3. The van der Waals surface area contributed by atoms with Crippen LogP contribution in [-0.4, -0.2) is 86.4 Å². The van der Waals surface area contributed by atoms with Gasteiger partial charge in [0.25, 0.3) is 0 Å². The van der Waals surface area contributed by atoms with Gasteiger partial charge in [0.15, 0.2) is 5.82 Å². The minimum Gasteiger partial charge on any atom is -0.338 e. The number of nitrogens with zero attached hydrogens (tertiary/aromatic N) is 8. The highest BCUT2D eigenvalue weighted by molar-refractivity contribution is 5.56. The fourth-order valence-corrected chi connectivity index (χ4v) is 4.92. The molecule has 27 heavy (non-hydrogen) atoms. The standard InChI is InChI=1S/C19H28N8/c1-14-11-20-19(23-17(14)18-21-13-22-24(18)2)27-9-7-26(8-10-27)16-12-25-5-3-15(16)4-6-25/h11,13,15-16H,3-10,12H2,1-2H3/t16-/m1/s1. The molecule has 0 radical (unpaired) electrons. The quantitative estimate of drug-likeness (QED) is 0.794. The first-order chi connectivity index (χ1) is 13.2. The van der Waals surface area contributed by atoms with Gasteiger partial charge in [0.2, 0.25) is 5.95 Å². The molecule has 4 saturated heterocycles. The number of hydrogen-bond donors (Lipinski definition) is 0. The molecule has 0 aromatic carbocycles. The van der Waals surface area contributed by atoms with Crippen LogP contribution < -0.4 is 4.90 Å². The molecule has 8 heteroatoms. The van der Waals surface area contributed by atoms with Crippen LogP contribution >= 0.6 is 0 Å². The smallest absolute Gasteiger partial charge is 0.226 e. The average Bonchev–Trinajstić information content (AvgIpc) is 3.15. The van der Waals surface area contributed by atoms with Crippen molar-refractivity contribution in [2.24, 2.45) is 13.0 Å². The Hall–Kier alpha value is -2.06. The molecule has 0 spiro atoms. The van der Waals surface area contributed by atoms with Crippen molar-refractivity contribution in [3.8, 4) is 11.5 Å². The molecule has 144 valence electrons. The highest BCUT2D eigenvalue weighted by atomic mass is 15.4. The van der Waals surface area contributed by atoms with Crippen LogP contribution in [0, 0.1) is 12.8 Å². The fourth-order valence-electron chi connectivity index (χ4n) is 4.92. The van der Waals surface area contributed by atoms with Crippen LogP contribution in [0.3, 0.4) is 0 Å². The SMILES string of the molecule is Cc1cnc(N2CCN([C@@H]3CN4CCC3CC4)CC2)nc1-c1ncnn1C. The highest BCUT2D eigenvalue weighted by Gasteiger charge is 2.38. The van der Waals surface area contributed by atoms with Crippen molar-refractivity contribution in [3.63, 3.8) is 0 Å². The van der Waals surface area contributed by atoms with Crippen molar-refractivity contribution < 1.29 is 0 Å². The van der Waals surface area contributed by atoms with Crippen molar-refractivity contribution in [2.75, 3.05) is 50.7 Å². The van der Waals surface area contributed by atoms with Crippen molar-refractivity contribution in [3.05, 3.63) is 18.1 Å². The van der Waals surface area contributed by atoms with Gasteiger partial charge < -0.3 is 9.80 Å². The predicted octanol–water partition coefficient (Wildman–Crippen LogP) is 0.797. The molecule has 2 aromatic heterocycles. The Morgan fingerprint density at radius 2 is 1.78 bits per heavy atom. The Kier molecular flexibility index (Phi) is 4.32. The molecule has 6 heterocycles. The lowest BCUT2D eigenvalue weighted by molar-refractivity contribution is 0.00301. The first-order valence-electron chi connectivity index (χ1n) is 10.1. The number of piperidine rings is 3. The molecule has 4 aliphatic rings. The molecule has 0 unspecified atom stereocenters. The molecule has 4 fully saturated rings. The van der Waals surface area contributed by atoms with Gasteiger partial charge in [-0.3, -0.25) is 4.90 Å². The number of anilines is 1.